The highest BCUT2D eigenvalue weighted by Crippen LogP contribution is 2.31. The first-order chi connectivity index (χ1) is 12.6. The fraction of sp³-hybridized carbons (Fsp3) is 0.200. The van der Waals surface area contributed by atoms with Crippen LogP contribution in [0.5, 0.6) is 11.5 Å². The lowest BCUT2D eigenvalue weighted by Gasteiger charge is -2.19. The highest BCUT2D eigenvalue weighted by molar-refractivity contribution is 5.97. The van der Waals surface area contributed by atoms with Gasteiger partial charge >= 0.3 is 0 Å². The largest absolute Gasteiger partial charge is 0.493 e. The lowest BCUT2D eigenvalue weighted by Crippen LogP contribution is -2.26. The molecule has 0 N–H and O–H groups in total. The van der Waals surface area contributed by atoms with E-state index in [1.165, 1.54) is 7.11 Å². The van der Waals surface area contributed by atoms with Gasteiger partial charge in [0.2, 0.25) is 0 Å². The third-order valence-corrected chi connectivity index (χ3v) is 4.06. The molecular weight excluding hydrogens is 330 g/mol. The van der Waals surface area contributed by atoms with E-state index < -0.39 is 0 Å². The van der Waals surface area contributed by atoms with Crippen molar-refractivity contribution in [1.29, 1.82) is 0 Å². The summed E-state index contributed by atoms with van der Waals surface area (Å²) in [5.41, 5.74) is 2.37. The number of aromatic nitrogens is 2. The van der Waals surface area contributed by atoms with Crippen molar-refractivity contribution < 1.29 is 14.3 Å². The molecule has 0 aliphatic heterocycles. The minimum absolute atomic E-state index is 0.145. The highest BCUT2D eigenvalue weighted by atomic mass is 16.5. The molecule has 6 heteroatoms. The Morgan fingerprint density at radius 1 is 1.08 bits per heavy atom. The number of nitrogens with zero attached hydrogens (tertiary/aromatic N) is 3. The number of carbonyl (C=O) groups is 1. The van der Waals surface area contributed by atoms with Gasteiger partial charge in [-0.15, -0.1) is 0 Å². The third kappa shape index (κ3) is 3.54. The van der Waals surface area contributed by atoms with Crippen LogP contribution in [0.2, 0.25) is 0 Å². The number of hydrogen-bond acceptors (Lipinski definition) is 4. The van der Waals surface area contributed by atoms with Crippen molar-refractivity contribution in [3.63, 3.8) is 0 Å². The van der Waals surface area contributed by atoms with Crippen LogP contribution in [0.4, 0.5) is 0 Å². The fourth-order valence-corrected chi connectivity index (χ4v) is 2.77. The maximum Gasteiger partial charge on any atom is 0.257 e. The predicted molar refractivity (Wildman–Crippen MR) is 98.9 cm³/mol. The monoisotopic (exact) mass is 351 g/mol. The maximum atomic E-state index is 12.8. The first kappa shape index (κ1) is 17.5. The van der Waals surface area contributed by atoms with Crippen molar-refractivity contribution >= 4 is 5.91 Å². The van der Waals surface area contributed by atoms with Gasteiger partial charge in [0.05, 0.1) is 31.7 Å². The number of para-hydroxylation sites is 2. The average molecular weight is 351 g/mol. The molecule has 0 aliphatic rings. The summed E-state index contributed by atoms with van der Waals surface area (Å²) in [5.74, 6) is 0.823. The first-order valence-electron chi connectivity index (χ1n) is 8.19. The molecule has 6 nitrogen and oxygen atoms in total. The number of rotatable bonds is 6. The van der Waals surface area contributed by atoms with Gasteiger partial charge in [0.25, 0.3) is 5.91 Å². The van der Waals surface area contributed by atoms with Gasteiger partial charge in [0.1, 0.15) is 0 Å². The second-order valence-electron chi connectivity index (χ2n) is 5.83. The van der Waals surface area contributed by atoms with Gasteiger partial charge in [-0.3, -0.25) is 4.79 Å². The van der Waals surface area contributed by atoms with Crippen molar-refractivity contribution in [2.24, 2.45) is 0 Å². The Morgan fingerprint density at radius 3 is 2.54 bits per heavy atom. The van der Waals surface area contributed by atoms with Crippen LogP contribution < -0.4 is 9.47 Å². The number of benzene rings is 2. The molecular formula is C20H21N3O3. The molecule has 3 rings (SSSR count). The predicted octanol–water partition coefficient (Wildman–Crippen LogP) is 3.16. The van der Waals surface area contributed by atoms with Crippen molar-refractivity contribution in [1.82, 2.24) is 14.7 Å². The zero-order chi connectivity index (χ0) is 18.5. The average Bonchev–Trinajstić information content (AvgIpc) is 3.15. The van der Waals surface area contributed by atoms with Crippen LogP contribution >= 0.6 is 0 Å². The molecule has 0 radical (unpaired) electrons. The van der Waals surface area contributed by atoms with Crippen LogP contribution in [0.1, 0.15) is 15.9 Å². The SMILES string of the molecule is COc1cccc(C(=O)N(C)Cc2cnn(-c3ccccc3)c2)c1OC. The lowest BCUT2D eigenvalue weighted by molar-refractivity contribution is 0.0781. The molecule has 2 aromatic carbocycles. The van der Waals surface area contributed by atoms with Crippen LogP contribution in [0.3, 0.4) is 0 Å². The Bertz CT molecular complexity index is 890. The van der Waals surface area contributed by atoms with Crippen molar-refractivity contribution in [2.45, 2.75) is 6.54 Å². The molecule has 1 amide bonds. The van der Waals surface area contributed by atoms with Crippen molar-refractivity contribution in [2.75, 3.05) is 21.3 Å². The topological polar surface area (TPSA) is 56.6 Å². The summed E-state index contributed by atoms with van der Waals surface area (Å²) in [6.07, 6.45) is 3.68. The van der Waals surface area contributed by atoms with Crippen molar-refractivity contribution in [3.8, 4) is 17.2 Å². The Hall–Kier alpha value is -3.28. The lowest BCUT2D eigenvalue weighted by atomic mass is 10.1. The molecule has 0 spiro atoms. The number of ether oxygens (including phenoxy) is 2. The summed E-state index contributed by atoms with van der Waals surface area (Å²) in [5, 5.41) is 4.37. The van der Waals surface area contributed by atoms with Gasteiger partial charge in [-0.05, 0) is 24.3 Å². The minimum Gasteiger partial charge on any atom is -0.493 e. The molecule has 0 bridgehead atoms. The Balaban J connectivity index is 1.78. The Labute approximate surface area is 152 Å². The molecule has 0 unspecified atom stereocenters. The number of methoxy groups -OCH3 is 2. The Kier molecular flexibility index (Phi) is 5.22. The van der Waals surface area contributed by atoms with E-state index in [1.54, 1.807) is 48.1 Å². The van der Waals surface area contributed by atoms with E-state index in [0.717, 1.165) is 11.3 Å². The Morgan fingerprint density at radius 2 is 1.85 bits per heavy atom. The number of carbonyl (C=O) groups excluding carboxylic acids is 1. The van der Waals surface area contributed by atoms with E-state index in [0.29, 0.717) is 23.6 Å². The van der Waals surface area contributed by atoms with E-state index in [4.69, 9.17) is 9.47 Å². The molecule has 1 aromatic heterocycles. The molecule has 0 saturated heterocycles. The van der Waals surface area contributed by atoms with E-state index in [2.05, 4.69) is 5.10 Å². The van der Waals surface area contributed by atoms with Crippen LogP contribution in [0, 0.1) is 0 Å². The van der Waals surface area contributed by atoms with Crippen molar-refractivity contribution in [3.05, 3.63) is 72.1 Å². The van der Waals surface area contributed by atoms with Crippen LogP contribution in [0.25, 0.3) is 5.69 Å². The van der Waals surface area contributed by atoms with Crippen LogP contribution in [0.15, 0.2) is 60.9 Å². The van der Waals surface area contributed by atoms with Crippen LogP contribution in [-0.2, 0) is 6.54 Å². The third-order valence-electron chi connectivity index (χ3n) is 4.06. The van der Waals surface area contributed by atoms with Gasteiger partial charge in [0, 0.05) is 25.4 Å². The van der Waals surface area contributed by atoms with Crippen LogP contribution in [-0.4, -0.2) is 41.9 Å². The molecule has 3 aromatic rings. The molecule has 134 valence electrons. The second-order valence-corrected chi connectivity index (χ2v) is 5.83. The van der Waals surface area contributed by atoms with Gasteiger partial charge < -0.3 is 14.4 Å². The zero-order valence-corrected chi connectivity index (χ0v) is 15.0. The normalized spacial score (nSPS) is 10.4. The van der Waals surface area contributed by atoms with Gasteiger partial charge in [-0.1, -0.05) is 24.3 Å². The van der Waals surface area contributed by atoms with E-state index in [9.17, 15) is 4.79 Å². The second kappa shape index (κ2) is 7.74. The summed E-state index contributed by atoms with van der Waals surface area (Å²) in [4.78, 5) is 14.5. The van der Waals surface area contributed by atoms with E-state index >= 15 is 0 Å². The van der Waals surface area contributed by atoms with Gasteiger partial charge in [0.15, 0.2) is 11.5 Å². The molecule has 26 heavy (non-hydrogen) atoms. The zero-order valence-electron chi connectivity index (χ0n) is 15.0. The van der Waals surface area contributed by atoms with Gasteiger partial charge in [-0.2, -0.15) is 5.10 Å². The summed E-state index contributed by atoms with van der Waals surface area (Å²) < 4.78 is 12.4. The summed E-state index contributed by atoms with van der Waals surface area (Å²) >= 11 is 0. The minimum atomic E-state index is -0.145. The standard InChI is InChI=1S/C20H21N3O3/c1-22(20(24)17-10-7-11-18(25-2)19(17)26-3)13-15-12-21-23(14-15)16-8-5-4-6-9-16/h4-12,14H,13H2,1-3H3. The summed E-state index contributed by atoms with van der Waals surface area (Å²) in [6, 6.07) is 15.1. The molecule has 0 saturated carbocycles. The molecule has 0 fully saturated rings. The van der Waals surface area contributed by atoms with E-state index in [1.807, 2.05) is 36.5 Å². The molecule has 0 aliphatic carbocycles. The molecule has 1 heterocycles. The summed E-state index contributed by atoms with van der Waals surface area (Å²) in [6.45, 7) is 0.437. The quantitative estimate of drug-likeness (QED) is 0.684. The molecule has 0 atom stereocenters. The highest BCUT2D eigenvalue weighted by Gasteiger charge is 2.20. The first-order valence-corrected chi connectivity index (χ1v) is 8.19. The fourth-order valence-electron chi connectivity index (χ4n) is 2.77. The number of amides is 1. The summed E-state index contributed by atoms with van der Waals surface area (Å²) in [7, 11) is 4.83. The number of hydrogen-bond donors (Lipinski definition) is 0. The maximum absolute atomic E-state index is 12.8. The van der Waals surface area contributed by atoms with E-state index in [-0.39, 0.29) is 5.91 Å². The smallest absolute Gasteiger partial charge is 0.257 e. The van der Waals surface area contributed by atoms with Gasteiger partial charge in [-0.25, -0.2) is 4.68 Å².